The molecule has 0 bridgehead atoms. The first-order chi connectivity index (χ1) is 8.00. The molecule has 1 aromatic carbocycles. The predicted octanol–water partition coefficient (Wildman–Crippen LogP) is 2.68. The van der Waals surface area contributed by atoms with Gasteiger partial charge in [-0.15, -0.1) is 0 Å². The molecule has 0 aliphatic carbocycles. The Bertz CT molecular complexity index is 392. The van der Waals surface area contributed by atoms with Gasteiger partial charge in [-0.05, 0) is 28.5 Å². The second-order valence-electron chi connectivity index (χ2n) is 6.02. The van der Waals surface area contributed by atoms with Crippen LogP contribution in [-0.2, 0) is 18.5 Å². The van der Waals surface area contributed by atoms with E-state index in [0.717, 1.165) is 26.1 Å². The first kappa shape index (κ1) is 12.6. The summed E-state index contributed by atoms with van der Waals surface area (Å²) < 4.78 is 0. The van der Waals surface area contributed by atoms with Gasteiger partial charge < -0.3 is 5.11 Å². The second kappa shape index (κ2) is 4.79. The molecule has 94 valence electrons. The van der Waals surface area contributed by atoms with Crippen molar-refractivity contribution >= 4 is 0 Å². The highest BCUT2D eigenvalue weighted by Crippen LogP contribution is 2.29. The van der Waals surface area contributed by atoms with Crippen LogP contribution in [0.3, 0.4) is 0 Å². The molecule has 1 aliphatic heterocycles. The summed E-state index contributed by atoms with van der Waals surface area (Å²) in [5.74, 6) is 0. The fourth-order valence-electron chi connectivity index (χ4n) is 2.38. The summed E-state index contributed by atoms with van der Waals surface area (Å²) in [6.45, 7) is 10.1. The number of aliphatic hydroxyl groups excluding tert-OH is 1. The first-order valence-electron chi connectivity index (χ1n) is 6.46. The molecule has 0 unspecified atom stereocenters. The average Bonchev–Trinajstić information content (AvgIpc) is 2.66. The van der Waals surface area contributed by atoms with Crippen molar-refractivity contribution in [3.05, 3.63) is 34.9 Å². The van der Waals surface area contributed by atoms with Gasteiger partial charge in [-0.3, -0.25) is 4.90 Å². The summed E-state index contributed by atoms with van der Waals surface area (Å²) in [6, 6.07) is 6.89. The Morgan fingerprint density at radius 1 is 1.18 bits per heavy atom. The summed E-state index contributed by atoms with van der Waals surface area (Å²) in [5, 5.41) is 8.87. The van der Waals surface area contributed by atoms with Crippen LogP contribution in [0.5, 0.6) is 0 Å². The average molecular weight is 233 g/mol. The smallest absolute Gasteiger partial charge is 0.0443 e. The molecule has 0 aromatic heterocycles. The lowest BCUT2D eigenvalue weighted by Gasteiger charge is -2.19. The zero-order valence-corrected chi connectivity index (χ0v) is 11.2. The predicted molar refractivity (Wildman–Crippen MR) is 71.0 cm³/mol. The molecule has 2 heteroatoms. The van der Waals surface area contributed by atoms with Crippen molar-refractivity contribution in [2.24, 2.45) is 0 Å². The van der Waals surface area contributed by atoms with Crippen LogP contribution in [0.25, 0.3) is 0 Å². The van der Waals surface area contributed by atoms with Crippen molar-refractivity contribution in [3.8, 4) is 0 Å². The Hall–Kier alpha value is -0.860. The number of aliphatic hydroxyl groups is 1. The largest absolute Gasteiger partial charge is 0.396 e. The lowest BCUT2D eigenvalue weighted by atomic mass is 9.85. The van der Waals surface area contributed by atoms with E-state index in [1.54, 1.807) is 0 Å². The molecule has 1 aromatic rings. The molecule has 0 amide bonds. The normalized spacial score (nSPS) is 16.2. The lowest BCUT2D eigenvalue weighted by molar-refractivity contribution is 0.226. The second-order valence-corrected chi connectivity index (χ2v) is 6.02. The van der Waals surface area contributed by atoms with Gasteiger partial charge in [-0.1, -0.05) is 39.0 Å². The molecule has 0 fully saturated rings. The summed E-state index contributed by atoms with van der Waals surface area (Å²) in [7, 11) is 0. The van der Waals surface area contributed by atoms with Crippen molar-refractivity contribution in [1.82, 2.24) is 4.90 Å². The maximum Gasteiger partial charge on any atom is 0.0443 e. The highest BCUT2D eigenvalue weighted by atomic mass is 16.3. The summed E-state index contributed by atoms with van der Waals surface area (Å²) in [6.07, 6.45) is 0.875. The minimum Gasteiger partial charge on any atom is -0.396 e. The van der Waals surface area contributed by atoms with Crippen LogP contribution in [-0.4, -0.2) is 23.2 Å². The van der Waals surface area contributed by atoms with E-state index in [0.29, 0.717) is 6.61 Å². The Kier molecular flexibility index (Phi) is 3.55. The first-order valence-corrected chi connectivity index (χ1v) is 6.46. The number of hydrogen-bond donors (Lipinski definition) is 1. The number of hydrogen-bond acceptors (Lipinski definition) is 2. The molecule has 0 atom stereocenters. The lowest BCUT2D eigenvalue weighted by Crippen LogP contribution is -2.18. The fourth-order valence-corrected chi connectivity index (χ4v) is 2.38. The third-order valence-corrected chi connectivity index (χ3v) is 3.49. The highest BCUT2D eigenvalue weighted by Gasteiger charge is 2.21. The van der Waals surface area contributed by atoms with Gasteiger partial charge in [0.15, 0.2) is 0 Å². The topological polar surface area (TPSA) is 23.5 Å². The van der Waals surface area contributed by atoms with E-state index >= 15 is 0 Å². The SMILES string of the molecule is CC(C)(C)c1ccc2c(c1)CN(CCCO)C2. The van der Waals surface area contributed by atoms with E-state index in [1.165, 1.54) is 16.7 Å². The van der Waals surface area contributed by atoms with Gasteiger partial charge in [0, 0.05) is 26.2 Å². The molecular weight excluding hydrogens is 210 g/mol. The number of rotatable bonds is 3. The van der Waals surface area contributed by atoms with Crippen LogP contribution in [0.15, 0.2) is 18.2 Å². The molecule has 1 N–H and O–H groups in total. The zero-order chi connectivity index (χ0) is 12.5. The Morgan fingerprint density at radius 2 is 1.88 bits per heavy atom. The van der Waals surface area contributed by atoms with Crippen LogP contribution in [0, 0.1) is 0 Å². The quantitative estimate of drug-likeness (QED) is 0.867. The van der Waals surface area contributed by atoms with E-state index in [9.17, 15) is 0 Å². The molecule has 1 heterocycles. The van der Waals surface area contributed by atoms with Gasteiger partial charge in [0.2, 0.25) is 0 Å². The van der Waals surface area contributed by atoms with E-state index < -0.39 is 0 Å². The van der Waals surface area contributed by atoms with Gasteiger partial charge in [-0.25, -0.2) is 0 Å². The van der Waals surface area contributed by atoms with Gasteiger partial charge in [0.25, 0.3) is 0 Å². The van der Waals surface area contributed by atoms with E-state index in [2.05, 4.69) is 43.9 Å². The van der Waals surface area contributed by atoms with E-state index in [-0.39, 0.29) is 5.41 Å². The number of benzene rings is 1. The van der Waals surface area contributed by atoms with Crippen molar-refractivity contribution < 1.29 is 5.11 Å². The van der Waals surface area contributed by atoms with Crippen molar-refractivity contribution in [2.45, 2.75) is 45.7 Å². The molecular formula is C15H23NO. The maximum atomic E-state index is 8.87. The van der Waals surface area contributed by atoms with Crippen molar-refractivity contribution in [3.63, 3.8) is 0 Å². The van der Waals surface area contributed by atoms with Crippen LogP contribution >= 0.6 is 0 Å². The van der Waals surface area contributed by atoms with Gasteiger partial charge in [-0.2, -0.15) is 0 Å². The Balaban J connectivity index is 2.11. The minimum absolute atomic E-state index is 0.230. The van der Waals surface area contributed by atoms with E-state index in [4.69, 9.17) is 5.11 Å². The Morgan fingerprint density at radius 3 is 2.53 bits per heavy atom. The van der Waals surface area contributed by atoms with Crippen LogP contribution in [0.2, 0.25) is 0 Å². The minimum atomic E-state index is 0.230. The highest BCUT2D eigenvalue weighted by molar-refractivity contribution is 5.37. The van der Waals surface area contributed by atoms with E-state index in [1.807, 2.05) is 0 Å². The summed E-state index contributed by atoms with van der Waals surface area (Å²) in [4.78, 5) is 2.41. The third-order valence-electron chi connectivity index (χ3n) is 3.49. The fraction of sp³-hybridized carbons (Fsp3) is 0.600. The van der Waals surface area contributed by atoms with Crippen LogP contribution < -0.4 is 0 Å². The molecule has 1 aliphatic rings. The van der Waals surface area contributed by atoms with Crippen LogP contribution in [0.1, 0.15) is 43.9 Å². The molecule has 2 nitrogen and oxygen atoms in total. The molecule has 0 saturated heterocycles. The van der Waals surface area contributed by atoms with Gasteiger partial charge >= 0.3 is 0 Å². The van der Waals surface area contributed by atoms with Crippen molar-refractivity contribution in [1.29, 1.82) is 0 Å². The summed E-state index contributed by atoms with van der Waals surface area (Å²) >= 11 is 0. The summed E-state index contributed by atoms with van der Waals surface area (Å²) in [5.41, 5.74) is 4.57. The third kappa shape index (κ3) is 2.88. The van der Waals surface area contributed by atoms with Crippen LogP contribution in [0.4, 0.5) is 0 Å². The Labute approximate surface area is 104 Å². The number of nitrogens with zero attached hydrogens (tertiary/aromatic N) is 1. The molecule has 0 spiro atoms. The number of fused-ring (bicyclic) bond motifs is 1. The molecule has 2 rings (SSSR count). The monoisotopic (exact) mass is 233 g/mol. The van der Waals surface area contributed by atoms with Crippen molar-refractivity contribution in [2.75, 3.05) is 13.2 Å². The standard InChI is InChI=1S/C15H23NO/c1-15(2,3)14-6-5-12-10-16(7-4-8-17)11-13(12)9-14/h5-6,9,17H,4,7-8,10-11H2,1-3H3. The van der Waals surface area contributed by atoms with Gasteiger partial charge in [0.05, 0.1) is 0 Å². The zero-order valence-electron chi connectivity index (χ0n) is 11.2. The van der Waals surface area contributed by atoms with Gasteiger partial charge in [0.1, 0.15) is 0 Å². The maximum absolute atomic E-state index is 8.87. The molecule has 0 saturated carbocycles. The molecule has 17 heavy (non-hydrogen) atoms. The molecule has 0 radical (unpaired) electrons.